The number of anilines is 2. The number of carbonyl (C=O) groups is 1. The maximum atomic E-state index is 13.4. The first kappa shape index (κ1) is 24.4. The van der Waals surface area contributed by atoms with Crippen LogP contribution < -0.4 is 19.1 Å². The Morgan fingerprint density at radius 1 is 1.00 bits per heavy atom. The van der Waals surface area contributed by atoms with E-state index in [0.29, 0.717) is 13.1 Å². The minimum atomic E-state index is 0.0896. The second-order valence-corrected chi connectivity index (χ2v) is 10.3. The third-order valence-corrected chi connectivity index (χ3v) is 7.58. The molecular formula is C29H33N3O3S. The van der Waals surface area contributed by atoms with Crippen molar-refractivity contribution in [2.75, 3.05) is 49.5 Å². The quantitative estimate of drug-likeness (QED) is 0.369. The molecule has 0 spiro atoms. The van der Waals surface area contributed by atoms with Gasteiger partial charge in [0.25, 0.3) is 5.91 Å². The lowest BCUT2D eigenvalue weighted by molar-refractivity contribution is 0.0745. The maximum Gasteiger partial charge on any atom is 0.254 e. The number of rotatable bonds is 9. The van der Waals surface area contributed by atoms with Gasteiger partial charge >= 0.3 is 0 Å². The van der Waals surface area contributed by atoms with E-state index < -0.39 is 0 Å². The van der Waals surface area contributed by atoms with Gasteiger partial charge < -0.3 is 24.0 Å². The molecule has 36 heavy (non-hydrogen) atoms. The topological polar surface area (TPSA) is 54.0 Å². The van der Waals surface area contributed by atoms with Gasteiger partial charge in [-0.3, -0.25) is 4.79 Å². The Kier molecular flexibility index (Phi) is 7.56. The van der Waals surface area contributed by atoms with Crippen LogP contribution in [-0.2, 0) is 0 Å². The maximum absolute atomic E-state index is 13.4. The third-order valence-electron chi connectivity index (χ3n) is 6.76. The van der Waals surface area contributed by atoms with E-state index in [1.807, 2.05) is 66.4 Å². The van der Waals surface area contributed by atoms with Gasteiger partial charge in [0.1, 0.15) is 11.5 Å². The van der Waals surface area contributed by atoms with Gasteiger partial charge in [-0.05, 0) is 91.7 Å². The zero-order valence-electron chi connectivity index (χ0n) is 20.9. The van der Waals surface area contributed by atoms with Crippen molar-refractivity contribution in [3.8, 4) is 11.5 Å². The summed E-state index contributed by atoms with van der Waals surface area (Å²) in [5.41, 5.74) is 3.83. The molecule has 3 aromatic rings. The number of ether oxygens (including phenoxy) is 2. The zero-order chi connectivity index (χ0) is 24.9. The molecule has 0 radical (unpaired) electrons. The second kappa shape index (κ2) is 11.2. The van der Waals surface area contributed by atoms with E-state index in [1.165, 1.54) is 24.8 Å². The average Bonchev–Trinajstić information content (AvgIpc) is 3.76. The highest BCUT2D eigenvalue weighted by atomic mass is 32.2. The van der Waals surface area contributed by atoms with Crippen molar-refractivity contribution in [3.63, 3.8) is 0 Å². The van der Waals surface area contributed by atoms with Crippen molar-refractivity contribution in [1.82, 2.24) is 4.90 Å². The summed E-state index contributed by atoms with van der Waals surface area (Å²) in [6.45, 7) is 5.74. The normalized spacial score (nSPS) is 15.5. The Labute approximate surface area is 217 Å². The summed E-state index contributed by atoms with van der Waals surface area (Å²) in [6, 6.07) is 22.2. The van der Waals surface area contributed by atoms with E-state index >= 15 is 0 Å². The highest BCUT2D eigenvalue weighted by Gasteiger charge is 2.25. The molecular weight excluding hydrogens is 470 g/mol. The summed E-state index contributed by atoms with van der Waals surface area (Å²) >= 11 is 1.51. The molecule has 2 fully saturated rings. The van der Waals surface area contributed by atoms with Gasteiger partial charge in [-0.15, -0.1) is 0 Å². The van der Waals surface area contributed by atoms with Crippen molar-refractivity contribution in [2.45, 2.75) is 24.7 Å². The molecule has 1 aliphatic carbocycles. The number of hydrogen-bond donors (Lipinski definition) is 1. The first-order chi connectivity index (χ1) is 17.6. The van der Waals surface area contributed by atoms with E-state index in [0.717, 1.165) is 64.5 Å². The van der Waals surface area contributed by atoms with Crippen LogP contribution in [0.1, 0.15) is 28.8 Å². The van der Waals surface area contributed by atoms with Crippen LogP contribution in [0.5, 0.6) is 11.5 Å². The van der Waals surface area contributed by atoms with Gasteiger partial charge in [0.05, 0.1) is 19.4 Å². The Morgan fingerprint density at radius 3 is 2.47 bits per heavy atom. The van der Waals surface area contributed by atoms with Crippen LogP contribution in [0.3, 0.4) is 0 Å². The largest absolute Gasteiger partial charge is 0.495 e. The summed E-state index contributed by atoms with van der Waals surface area (Å²) in [5.74, 6) is 2.61. The van der Waals surface area contributed by atoms with Crippen molar-refractivity contribution < 1.29 is 14.3 Å². The summed E-state index contributed by atoms with van der Waals surface area (Å²) < 4.78 is 14.7. The standard InChI is InChI=1S/C29H33N3O3S/c1-21-7-14-25(36-30-23-10-12-24(13-11-23)35-20-22-8-9-22)19-26(21)29(33)32-17-15-31(16-18-32)27-5-3-4-6-28(27)34-2/h3-7,10-14,19,22,30H,8-9,15-18,20H2,1-2H3. The molecule has 5 rings (SSSR count). The molecule has 3 aromatic carbocycles. The van der Waals surface area contributed by atoms with Crippen molar-refractivity contribution in [3.05, 3.63) is 77.9 Å². The molecule has 1 aliphatic heterocycles. The number of hydrogen-bond acceptors (Lipinski definition) is 6. The highest BCUT2D eigenvalue weighted by molar-refractivity contribution is 8.00. The number of carbonyl (C=O) groups excluding carboxylic acids is 1. The molecule has 0 unspecified atom stereocenters. The van der Waals surface area contributed by atoms with Gasteiger partial charge in [0.2, 0.25) is 0 Å². The van der Waals surface area contributed by atoms with Crippen LogP contribution in [0.25, 0.3) is 0 Å². The third kappa shape index (κ3) is 5.90. The minimum Gasteiger partial charge on any atom is -0.495 e. The van der Waals surface area contributed by atoms with Gasteiger partial charge in [0.15, 0.2) is 0 Å². The number of methoxy groups -OCH3 is 1. The summed E-state index contributed by atoms with van der Waals surface area (Å²) in [7, 11) is 1.70. The Bertz CT molecular complexity index is 1190. The highest BCUT2D eigenvalue weighted by Crippen LogP contribution is 2.31. The zero-order valence-corrected chi connectivity index (χ0v) is 21.7. The lowest BCUT2D eigenvalue weighted by atomic mass is 10.1. The number of aryl methyl sites for hydroxylation is 1. The predicted octanol–water partition coefficient (Wildman–Crippen LogP) is 5.87. The average molecular weight is 504 g/mol. The van der Waals surface area contributed by atoms with Crippen molar-refractivity contribution >= 4 is 29.2 Å². The van der Waals surface area contributed by atoms with E-state index in [2.05, 4.69) is 21.8 Å². The van der Waals surface area contributed by atoms with Crippen LogP contribution >= 0.6 is 11.9 Å². The number of benzene rings is 3. The second-order valence-electron chi connectivity index (χ2n) is 9.41. The molecule has 0 aromatic heterocycles. The minimum absolute atomic E-state index is 0.0896. The first-order valence-corrected chi connectivity index (χ1v) is 13.4. The molecule has 7 heteroatoms. The number of nitrogens with one attached hydrogen (secondary N) is 1. The number of amides is 1. The van der Waals surface area contributed by atoms with Gasteiger partial charge in [-0.1, -0.05) is 18.2 Å². The molecule has 188 valence electrons. The van der Waals surface area contributed by atoms with Gasteiger partial charge in [0, 0.05) is 42.3 Å². The SMILES string of the molecule is COc1ccccc1N1CCN(C(=O)c2cc(SNc3ccc(OCC4CC4)cc3)ccc2C)CC1. The predicted molar refractivity (Wildman–Crippen MR) is 146 cm³/mol. The summed E-state index contributed by atoms with van der Waals surface area (Å²) in [4.78, 5) is 18.6. The number of piperazine rings is 1. The summed E-state index contributed by atoms with van der Waals surface area (Å²) in [5, 5.41) is 0. The Balaban J connectivity index is 1.17. The molecule has 1 saturated carbocycles. The van der Waals surface area contributed by atoms with Gasteiger partial charge in [-0.25, -0.2) is 0 Å². The molecule has 1 amide bonds. The molecule has 0 atom stereocenters. The summed E-state index contributed by atoms with van der Waals surface area (Å²) in [6.07, 6.45) is 2.58. The van der Waals surface area contributed by atoms with E-state index in [1.54, 1.807) is 7.11 Å². The molecule has 1 saturated heterocycles. The molecule has 2 aliphatic rings. The van der Waals surface area contributed by atoms with E-state index in [9.17, 15) is 4.79 Å². The Morgan fingerprint density at radius 2 is 1.75 bits per heavy atom. The molecule has 1 heterocycles. The Hall–Kier alpha value is -3.32. The first-order valence-electron chi connectivity index (χ1n) is 12.5. The van der Waals surface area contributed by atoms with Crippen LogP contribution in [0.2, 0.25) is 0 Å². The van der Waals surface area contributed by atoms with Crippen LogP contribution in [0.4, 0.5) is 11.4 Å². The molecule has 0 bridgehead atoms. The lowest BCUT2D eigenvalue weighted by Crippen LogP contribution is -2.49. The monoisotopic (exact) mass is 503 g/mol. The molecule has 6 nitrogen and oxygen atoms in total. The van der Waals surface area contributed by atoms with E-state index in [4.69, 9.17) is 9.47 Å². The lowest BCUT2D eigenvalue weighted by Gasteiger charge is -2.36. The van der Waals surface area contributed by atoms with Gasteiger partial charge in [-0.2, -0.15) is 0 Å². The number of nitrogens with zero attached hydrogens (tertiary/aromatic N) is 2. The number of para-hydroxylation sites is 2. The fourth-order valence-electron chi connectivity index (χ4n) is 4.34. The van der Waals surface area contributed by atoms with Crippen molar-refractivity contribution in [1.29, 1.82) is 0 Å². The van der Waals surface area contributed by atoms with Crippen LogP contribution in [0.15, 0.2) is 71.6 Å². The van der Waals surface area contributed by atoms with Crippen LogP contribution in [-0.4, -0.2) is 50.7 Å². The van der Waals surface area contributed by atoms with Crippen LogP contribution in [0, 0.1) is 12.8 Å². The fraction of sp³-hybridized carbons (Fsp3) is 0.345. The molecule has 1 N–H and O–H groups in total. The smallest absolute Gasteiger partial charge is 0.254 e. The van der Waals surface area contributed by atoms with E-state index in [-0.39, 0.29) is 5.91 Å². The fourth-order valence-corrected chi connectivity index (χ4v) is 5.03. The van der Waals surface area contributed by atoms with Crippen molar-refractivity contribution in [2.24, 2.45) is 5.92 Å².